The maximum atomic E-state index is 12.5. The lowest BCUT2D eigenvalue weighted by atomic mass is 9.85. The molecule has 4 aromatic rings. The Morgan fingerprint density at radius 1 is 1.09 bits per heavy atom. The van der Waals surface area contributed by atoms with Crippen molar-refractivity contribution in [2.45, 2.75) is 51.1 Å². The van der Waals surface area contributed by atoms with Crippen LogP contribution in [0.1, 0.15) is 38.5 Å². The van der Waals surface area contributed by atoms with Crippen LogP contribution in [0.4, 0.5) is 5.95 Å². The maximum Gasteiger partial charge on any atom is 0.242 e. The highest BCUT2D eigenvalue weighted by molar-refractivity contribution is 5.93. The van der Waals surface area contributed by atoms with Gasteiger partial charge in [-0.05, 0) is 50.2 Å². The smallest absolute Gasteiger partial charge is 0.242 e. The number of carbonyl (C=O) groups is 1. The van der Waals surface area contributed by atoms with Crippen LogP contribution in [0, 0.1) is 5.92 Å². The van der Waals surface area contributed by atoms with Crippen molar-refractivity contribution in [3.63, 3.8) is 0 Å². The number of hydrogen-bond acceptors (Lipinski definition) is 6. The number of hydrogen-bond donors (Lipinski definition) is 2. The van der Waals surface area contributed by atoms with E-state index in [2.05, 4.69) is 15.7 Å². The van der Waals surface area contributed by atoms with Crippen LogP contribution in [0.2, 0.25) is 0 Å². The molecule has 9 nitrogen and oxygen atoms in total. The van der Waals surface area contributed by atoms with Crippen molar-refractivity contribution in [2.24, 2.45) is 5.92 Å². The maximum absolute atomic E-state index is 12.5. The van der Waals surface area contributed by atoms with Gasteiger partial charge < -0.3 is 10.6 Å². The van der Waals surface area contributed by atoms with E-state index in [1.165, 1.54) is 19.3 Å². The SMILES string of the molecule is O=C1NCCCC[C@H]1Nc1nc2ccccc2c2nc(-c3cnn(CC4CCC4)c3)nn12. The van der Waals surface area contributed by atoms with Crippen LogP contribution >= 0.6 is 0 Å². The molecule has 3 aromatic heterocycles. The van der Waals surface area contributed by atoms with Crippen molar-refractivity contribution in [1.29, 1.82) is 0 Å². The lowest BCUT2D eigenvalue weighted by Crippen LogP contribution is -2.38. The average Bonchev–Trinajstić information content (AvgIpc) is 3.38. The summed E-state index contributed by atoms with van der Waals surface area (Å²) in [4.78, 5) is 22.1. The normalized spacial score (nSPS) is 19.6. The van der Waals surface area contributed by atoms with E-state index in [0.29, 0.717) is 17.4 Å². The zero-order valence-corrected chi connectivity index (χ0v) is 17.9. The van der Waals surface area contributed by atoms with Gasteiger partial charge in [-0.2, -0.15) is 9.61 Å². The summed E-state index contributed by atoms with van der Waals surface area (Å²) in [7, 11) is 0. The third kappa shape index (κ3) is 3.47. The van der Waals surface area contributed by atoms with Gasteiger partial charge in [-0.15, -0.1) is 5.10 Å². The Hall–Kier alpha value is -3.49. The second-order valence-corrected chi connectivity index (χ2v) is 8.86. The van der Waals surface area contributed by atoms with Gasteiger partial charge in [0.1, 0.15) is 6.04 Å². The molecule has 2 fully saturated rings. The minimum absolute atomic E-state index is 0.00298. The first-order chi connectivity index (χ1) is 15.7. The fourth-order valence-electron chi connectivity index (χ4n) is 4.52. The highest BCUT2D eigenvalue weighted by atomic mass is 16.2. The van der Waals surface area contributed by atoms with Crippen molar-refractivity contribution in [2.75, 3.05) is 11.9 Å². The predicted octanol–water partition coefficient (Wildman–Crippen LogP) is 3.02. The molecule has 4 heterocycles. The summed E-state index contributed by atoms with van der Waals surface area (Å²) in [6.07, 6.45) is 10.5. The number of anilines is 1. The van der Waals surface area contributed by atoms with Gasteiger partial charge in [0.05, 0.1) is 17.3 Å². The topological polar surface area (TPSA) is 102 Å². The van der Waals surface area contributed by atoms with Gasteiger partial charge in [0.2, 0.25) is 11.9 Å². The lowest BCUT2D eigenvalue weighted by molar-refractivity contribution is -0.121. The predicted molar refractivity (Wildman–Crippen MR) is 121 cm³/mol. The third-order valence-electron chi connectivity index (χ3n) is 6.58. The fourth-order valence-corrected chi connectivity index (χ4v) is 4.52. The molecule has 6 rings (SSSR count). The van der Waals surface area contributed by atoms with E-state index in [0.717, 1.165) is 54.7 Å². The van der Waals surface area contributed by atoms with Crippen molar-refractivity contribution >= 4 is 28.4 Å². The number of aromatic nitrogens is 6. The standard InChI is InChI=1S/C23H26N8O/c32-22-19(10-3-4-11-24-22)27-23-26-18-9-2-1-8-17(18)21-28-20(29-31(21)23)16-12-25-30(14-16)13-15-6-5-7-15/h1-2,8-9,12,14-15,19H,3-7,10-11,13H2,(H,24,32)(H,26,27)/t19-/m1/s1. The molecule has 1 aromatic carbocycles. The van der Waals surface area contributed by atoms with Gasteiger partial charge in [-0.1, -0.05) is 18.6 Å². The van der Waals surface area contributed by atoms with E-state index in [-0.39, 0.29) is 11.9 Å². The molecule has 1 aliphatic carbocycles. The Balaban J connectivity index is 1.40. The van der Waals surface area contributed by atoms with Crippen LogP contribution in [0.25, 0.3) is 27.9 Å². The summed E-state index contributed by atoms with van der Waals surface area (Å²) >= 11 is 0. The zero-order valence-electron chi connectivity index (χ0n) is 17.9. The molecule has 0 radical (unpaired) electrons. The van der Waals surface area contributed by atoms with Crippen LogP contribution in [-0.4, -0.2) is 47.9 Å². The first-order valence-electron chi connectivity index (χ1n) is 11.5. The second kappa shape index (κ2) is 7.89. The molecular formula is C23H26N8O. The second-order valence-electron chi connectivity index (χ2n) is 8.86. The Kier molecular flexibility index (Phi) is 4.74. The molecule has 1 saturated carbocycles. The minimum Gasteiger partial charge on any atom is -0.354 e. The Bertz CT molecular complexity index is 1290. The largest absolute Gasteiger partial charge is 0.354 e. The molecule has 1 aliphatic heterocycles. The van der Waals surface area contributed by atoms with Gasteiger partial charge >= 0.3 is 0 Å². The third-order valence-corrected chi connectivity index (χ3v) is 6.58. The van der Waals surface area contributed by atoms with Crippen LogP contribution in [0.5, 0.6) is 0 Å². The molecule has 1 saturated heterocycles. The van der Waals surface area contributed by atoms with Crippen LogP contribution in [0.3, 0.4) is 0 Å². The van der Waals surface area contributed by atoms with Gasteiger partial charge in [-0.3, -0.25) is 9.48 Å². The van der Waals surface area contributed by atoms with E-state index in [1.54, 1.807) is 4.52 Å². The number of benzene rings is 1. The molecule has 0 bridgehead atoms. The van der Waals surface area contributed by atoms with Crippen molar-refractivity contribution in [1.82, 2.24) is 34.7 Å². The number of carbonyl (C=O) groups excluding carboxylic acids is 1. The van der Waals surface area contributed by atoms with Gasteiger partial charge in [0, 0.05) is 24.7 Å². The lowest BCUT2D eigenvalue weighted by Gasteiger charge is -2.24. The quantitative estimate of drug-likeness (QED) is 0.505. The number of amides is 1. The van der Waals surface area contributed by atoms with Crippen LogP contribution < -0.4 is 10.6 Å². The molecule has 32 heavy (non-hydrogen) atoms. The number of nitrogens with one attached hydrogen (secondary N) is 2. The zero-order chi connectivity index (χ0) is 21.5. The molecule has 164 valence electrons. The molecule has 1 amide bonds. The van der Waals surface area contributed by atoms with Crippen molar-refractivity contribution < 1.29 is 4.79 Å². The number of fused-ring (bicyclic) bond motifs is 3. The summed E-state index contributed by atoms with van der Waals surface area (Å²) in [6, 6.07) is 7.54. The Morgan fingerprint density at radius 2 is 2.00 bits per heavy atom. The van der Waals surface area contributed by atoms with Gasteiger partial charge in [-0.25, -0.2) is 9.97 Å². The first-order valence-corrected chi connectivity index (χ1v) is 11.5. The molecule has 2 N–H and O–H groups in total. The summed E-state index contributed by atoms with van der Waals surface area (Å²) in [6.45, 7) is 1.66. The molecular weight excluding hydrogens is 404 g/mol. The number of para-hydroxylation sites is 1. The highest BCUT2D eigenvalue weighted by Crippen LogP contribution is 2.29. The molecule has 0 spiro atoms. The summed E-state index contributed by atoms with van der Waals surface area (Å²) in [5, 5.41) is 16.5. The Morgan fingerprint density at radius 3 is 2.88 bits per heavy atom. The van der Waals surface area contributed by atoms with E-state index < -0.39 is 0 Å². The van der Waals surface area contributed by atoms with E-state index in [9.17, 15) is 4.79 Å². The average molecular weight is 431 g/mol. The van der Waals surface area contributed by atoms with E-state index >= 15 is 0 Å². The van der Waals surface area contributed by atoms with Gasteiger partial charge in [0.15, 0.2) is 11.5 Å². The van der Waals surface area contributed by atoms with Crippen molar-refractivity contribution in [3.8, 4) is 11.4 Å². The highest BCUT2D eigenvalue weighted by Gasteiger charge is 2.24. The van der Waals surface area contributed by atoms with Crippen LogP contribution in [-0.2, 0) is 11.3 Å². The first kappa shape index (κ1) is 19.2. The summed E-state index contributed by atoms with van der Waals surface area (Å²) in [5.74, 6) is 1.87. The monoisotopic (exact) mass is 430 g/mol. The van der Waals surface area contributed by atoms with Crippen molar-refractivity contribution in [3.05, 3.63) is 36.7 Å². The number of nitrogens with zero attached hydrogens (tertiary/aromatic N) is 6. The van der Waals surface area contributed by atoms with E-state index in [1.807, 2.05) is 41.3 Å². The number of rotatable bonds is 5. The molecule has 1 atom stereocenters. The summed E-state index contributed by atoms with van der Waals surface area (Å²) in [5.41, 5.74) is 2.42. The fraction of sp³-hybridized carbons (Fsp3) is 0.435. The van der Waals surface area contributed by atoms with E-state index in [4.69, 9.17) is 15.1 Å². The Labute approximate surface area is 185 Å². The van der Waals surface area contributed by atoms with Gasteiger partial charge in [0.25, 0.3) is 0 Å². The molecule has 9 heteroatoms. The minimum atomic E-state index is -0.341. The molecule has 2 aliphatic rings. The van der Waals surface area contributed by atoms with Crippen LogP contribution in [0.15, 0.2) is 36.7 Å². The molecule has 0 unspecified atom stereocenters. The summed E-state index contributed by atoms with van der Waals surface area (Å²) < 4.78 is 3.72.